The van der Waals surface area contributed by atoms with Gasteiger partial charge in [0.2, 0.25) is 0 Å². The molecule has 1 aromatic heterocycles. The van der Waals surface area contributed by atoms with E-state index in [-0.39, 0.29) is 0 Å². The lowest BCUT2D eigenvalue weighted by Crippen LogP contribution is -2.40. The second-order valence-corrected chi connectivity index (χ2v) is 6.63. The number of benzene rings is 1. The van der Waals surface area contributed by atoms with Crippen LogP contribution in [-0.4, -0.2) is 29.0 Å². The van der Waals surface area contributed by atoms with Crippen molar-refractivity contribution in [3.8, 4) is 0 Å². The maximum Gasteiger partial charge on any atom is 0.151 e. The van der Waals surface area contributed by atoms with Gasteiger partial charge in [0, 0.05) is 12.6 Å². The van der Waals surface area contributed by atoms with Gasteiger partial charge in [-0.15, -0.1) is 22.0 Å². The Balaban J connectivity index is 1.67. The molecule has 1 unspecified atom stereocenters. The Labute approximate surface area is 137 Å². The Kier molecular flexibility index (Phi) is 5.33. The minimum atomic E-state index is 0.586. The van der Waals surface area contributed by atoms with Crippen LogP contribution in [0.1, 0.15) is 31.2 Å². The average molecular weight is 313 g/mol. The third kappa shape index (κ3) is 3.80. The van der Waals surface area contributed by atoms with Crippen LogP contribution in [0.25, 0.3) is 0 Å². The summed E-state index contributed by atoms with van der Waals surface area (Å²) < 4.78 is 0. The summed E-state index contributed by atoms with van der Waals surface area (Å²) in [6.07, 6.45) is 8.21. The fourth-order valence-electron chi connectivity index (χ4n) is 3.16. The molecule has 3 rings (SSSR count). The number of thioether (sulfide) groups is 1. The molecule has 0 saturated carbocycles. The predicted octanol–water partition coefficient (Wildman–Crippen LogP) is 4.19. The Morgan fingerprint density at radius 3 is 2.68 bits per heavy atom. The van der Waals surface area contributed by atoms with Crippen molar-refractivity contribution in [1.29, 1.82) is 0 Å². The first-order valence-electron chi connectivity index (χ1n) is 8.05. The molecule has 3 nitrogen and oxygen atoms in total. The second-order valence-electron chi connectivity index (χ2n) is 5.80. The summed E-state index contributed by atoms with van der Waals surface area (Å²) in [6, 6.07) is 15.6. The van der Waals surface area contributed by atoms with Crippen LogP contribution < -0.4 is 4.90 Å². The van der Waals surface area contributed by atoms with Gasteiger partial charge >= 0.3 is 0 Å². The molecular formula is C18H23N3S. The third-order valence-electron chi connectivity index (χ3n) is 4.37. The van der Waals surface area contributed by atoms with Crippen LogP contribution in [0.3, 0.4) is 0 Å². The van der Waals surface area contributed by atoms with Crippen molar-refractivity contribution in [3.05, 3.63) is 48.0 Å². The topological polar surface area (TPSA) is 29.0 Å². The average Bonchev–Trinajstić information content (AvgIpc) is 2.61. The molecule has 116 valence electrons. The third-order valence-corrected chi connectivity index (χ3v) is 5.00. The van der Waals surface area contributed by atoms with Crippen LogP contribution in [0.5, 0.6) is 0 Å². The Morgan fingerprint density at radius 1 is 1.09 bits per heavy atom. The predicted molar refractivity (Wildman–Crippen MR) is 93.6 cm³/mol. The van der Waals surface area contributed by atoms with E-state index in [9.17, 15) is 0 Å². The van der Waals surface area contributed by atoms with Gasteiger partial charge in [0.05, 0.1) is 0 Å². The van der Waals surface area contributed by atoms with Crippen LogP contribution in [0.4, 0.5) is 5.82 Å². The molecule has 1 saturated heterocycles. The molecule has 0 N–H and O–H groups in total. The van der Waals surface area contributed by atoms with Gasteiger partial charge in [-0.25, -0.2) is 0 Å². The Morgan fingerprint density at radius 2 is 1.95 bits per heavy atom. The zero-order chi connectivity index (χ0) is 15.2. The molecule has 4 heteroatoms. The molecule has 0 bridgehead atoms. The summed E-state index contributed by atoms with van der Waals surface area (Å²) >= 11 is 1.64. The molecule has 2 heterocycles. The smallest absolute Gasteiger partial charge is 0.151 e. The zero-order valence-electron chi connectivity index (χ0n) is 13.1. The van der Waals surface area contributed by atoms with Crippen LogP contribution >= 0.6 is 11.8 Å². The second kappa shape index (κ2) is 7.63. The van der Waals surface area contributed by atoms with E-state index in [2.05, 4.69) is 57.6 Å². The number of hydrogen-bond donors (Lipinski definition) is 0. The van der Waals surface area contributed by atoms with Crippen molar-refractivity contribution in [2.24, 2.45) is 0 Å². The van der Waals surface area contributed by atoms with E-state index in [1.54, 1.807) is 11.8 Å². The monoisotopic (exact) mass is 313 g/mol. The largest absolute Gasteiger partial charge is 0.352 e. The molecule has 1 fully saturated rings. The van der Waals surface area contributed by atoms with E-state index in [0.717, 1.165) is 23.8 Å². The van der Waals surface area contributed by atoms with Crippen molar-refractivity contribution in [3.63, 3.8) is 0 Å². The van der Waals surface area contributed by atoms with Crippen LogP contribution in [0.15, 0.2) is 47.5 Å². The van der Waals surface area contributed by atoms with Gasteiger partial charge < -0.3 is 4.90 Å². The molecule has 2 aromatic rings. The molecule has 1 aromatic carbocycles. The van der Waals surface area contributed by atoms with Gasteiger partial charge in [0.1, 0.15) is 5.03 Å². The SMILES string of the molecule is CSc1ccc(N2CCCCC2CCc2ccccc2)nn1. The van der Waals surface area contributed by atoms with Gasteiger partial charge in [-0.3, -0.25) is 0 Å². The summed E-state index contributed by atoms with van der Waals surface area (Å²) in [5, 5.41) is 9.72. The summed E-state index contributed by atoms with van der Waals surface area (Å²) in [6.45, 7) is 1.10. The fraction of sp³-hybridized carbons (Fsp3) is 0.444. The first-order valence-corrected chi connectivity index (χ1v) is 9.27. The van der Waals surface area contributed by atoms with E-state index in [0.29, 0.717) is 6.04 Å². The minimum Gasteiger partial charge on any atom is -0.352 e. The Hall–Kier alpha value is -1.55. The number of aryl methyl sites for hydroxylation is 1. The number of rotatable bonds is 5. The van der Waals surface area contributed by atoms with Crippen LogP contribution in [-0.2, 0) is 6.42 Å². The summed E-state index contributed by atoms with van der Waals surface area (Å²) in [4.78, 5) is 2.46. The van der Waals surface area contributed by atoms with Crippen molar-refractivity contribution in [2.75, 3.05) is 17.7 Å². The Bertz CT molecular complexity index is 571. The molecule has 1 aliphatic heterocycles. The van der Waals surface area contributed by atoms with E-state index >= 15 is 0 Å². The van der Waals surface area contributed by atoms with E-state index in [4.69, 9.17) is 0 Å². The fourth-order valence-corrected chi connectivity index (χ4v) is 3.48. The van der Waals surface area contributed by atoms with Crippen molar-refractivity contribution in [2.45, 2.75) is 43.2 Å². The summed E-state index contributed by atoms with van der Waals surface area (Å²) in [7, 11) is 0. The molecular weight excluding hydrogens is 290 g/mol. The zero-order valence-corrected chi connectivity index (χ0v) is 13.9. The van der Waals surface area contributed by atoms with E-state index in [1.807, 2.05) is 6.26 Å². The molecule has 1 aliphatic rings. The van der Waals surface area contributed by atoms with E-state index < -0.39 is 0 Å². The van der Waals surface area contributed by atoms with Gasteiger partial charge in [0.25, 0.3) is 0 Å². The highest BCUT2D eigenvalue weighted by Crippen LogP contribution is 2.26. The summed E-state index contributed by atoms with van der Waals surface area (Å²) in [5.74, 6) is 1.04. The maximum atomic E-state index is 4.43. The number of aromatic nitrogens is 2. The van der Waals surface area contributed by atoms with Gasteiger partial charge in [-0.2, -0.15) is 0 Å². The molecule has 0 aliphatic carbocycles. The molecule has 1 atom stereocenters. The quantitative estimate of drug-likeness (QED) is 0.774. The number of nitrogens with zero attached hydrogens (tertiary/aromatic N) is 3. The van der Waals surface area contributed by atoms with Gasteiger partial charge in [-0.05, 0) is 56.1 Å². The molecule has 0 amide bonds. The lowest BCUT2D eigenvalue weighted by Gasteiger charge is -2.36. The summed E-state index contributed by atoms with van der Waals surface area (Å²) in [5.41, 5.74) is 1.43. The van der Waals surface area contributed by atoms with Gasteiger partial charge in [0.15, 0.2) is 5.82 Å². The minimum absolute atomic E-state index is 0.586. The first kappa shape index (κ1) is 15.3. The van der Waals surface area contributed by atoms with Gasteiger partial charge in [-0.1, -0.05) is 30.3 Å². The highest BCUT2D eigenvalue weighted by atomic mass is 32.2. The normalized spacial score (nSPS) is 18.4. The van der Waals surface area contributed by atoms with Crippen LogP contribution in [0.2, 0.25) is 0 Å². The maximum absolute atomic E-state index is 4.43. The highest BCUT2D eigenvalue weighted by Gasteiger charge is 2.23. The lowest BCUT2D eigenvalue weighted by atomic mass is 9.96. The lowest BCUT2D eigenvalue weighted by molar-refractivity contribution is 0.433. The molecule has 0 radical (unpaired) electrons. The van der Waals surface area contributed by atoms with Crippen molar-refractivity contribution in [1.82, 2.24) is 10.2 Å². The van der Waals surface area contributed by atoms with E-state index in [1.165, 1.54) is 31.2 Å². The first-order chi connectivity index (χ1) is 10.9. The molecule has 22 heavy (non-hydrogen) atoms. The highest BCUT2D eigenvalue weighted by molar-refractivity contribution is 7.98. The standard InChI is InChI=1S/C18H23N3S/c1-22-18-13-12-17(19-20-18)21-14-6-5-9-16(21)11-10-15-7-3-2-4-8-15/h2-4,7-8,12-13,16H,5-6,9-11,14H2,1H3. The van der Waals surface area contributed by atoms with Crippen molar-refractivity contribution >= 4 is 17.6 Å². The number of hydrogen-bond acceptors (Lipinski definition) is 4. The van der Waals surface area contributed by atoms with Crippen LogP contribution in [0, 0.1) is 0 Å². The number of piperidine rings is 1. The molecule has 0 spiro atoms. The number of anilines is 1. The van der Waals surface area contributed by atoms with Crippen molar-refractivity contribution < 1.29 is 0 Å².